The zero-order chi connectivity index (χ0) is 18.1. The number of para-hydroxylation sites is 1. The highest BCUT2D eigenvalue weighted by Crippen LogP contribution is 2.31. The lowest BCUT2D eigenvalue weighted by Gasteiger charge is -2.38. The van der Waals surface area contributed by atoms with Gasteiger partial charge in [0.1, 0.15) is 11.8 Å². The molecule has 2 atom stereocenters. The number of nitrogens with zero attached hydrogens (tertiary/aromatic N) is 1. The number of aromatic nitrogens is 1. The summed E-state index contributed by atoms with van der Waals surface area (Å²) >= 11 is 6.05. The number of nitrogens with one attached hydrogen (secondary N) is 2. The first-order valence-electron chi connectivity index (χ1n) is 8.59. The molecular weight excluding hydrogens is 383 g/mol. The topological polar surface area (TPSA) is 72.2 Å². The third-order valence-electron chi connectivity index (χ3n) is 4.65. The third-order valence-corrected chi connectivity index (χ3v) is 4.86. The normalized spacial score (nSPS) is 22.3. The van der Waals surface area contributed by atoms with E-state index in [9.17, 15) is 0 Å². The number of morpholine rings is 1. The van der Waals surface area contributed by atoms with Gasteiger partial charge in [-0.15, -0.1) is 12.4 Å². The van der Waals surface area contributed by atoms with Crippen molar-refractivity contribution < 1.29 is 4.74 Å². The summed E-state index contributed by atoms with van der Waals surface area (Å²) in [5, 5.41) is 8.42. The summed E-state index contributed by atoms with van der Waals surface area (Å²) in [5.41, 5.74) is 9.36. The van der Waals surface area contributed by atoms with Gasteiger partial charge in [0.25, 0.3) is 0 Å². The van der Waals surface area contributed by atoms with Crippen molar-refractivity contribution in [1.82, 2.24) is 10.3 Å². The van der Waals surface area contributed by atoms with E-state index in [-0.39, 0.29) is 18.6 Å². The number of hydrogen-bond donors (Lipinski definition) is 3. The van der Waals surface area contributed by atoms with Crippen LogP contribution in [-0.2, 0) is 10.3 Å². The second-order valence-corrected chi connectivity index (χ2v) is 7.19. The van der Waals surface area contributed by atoms with Crippen molar-refractivity contribution in [3.8, 4) is 0 Å². The number of ether oxygens (including phenoxy) is 1. The van der Waals surface area contributed by atoms with E-state index < -0.39 is 5.60 Å². The van der Waals surface area contributed by atoms with Crippen molar-refractivity contribution in [3.05, 3.63) is 65.3 Å². The van der Waals surface area contributed by atoms with Crippen LogP contribution >= 0.6 is 24.0 Å². The van der Waals surface area contributed by atoms with Crippen LogP contribution in [0.5, 0.6) is 0 Å². The lowest BCUT2D eigenvalue weighted by atomic mass is 9.94. The zero-order valence-corrected chi connectivity index (χ0v) is 16.5. The average Bonchev–Trinajstić information content (AvgIpc) is 2.62. The number of nitrogens with two attached hydrogens (primary N) is 1. The molecule has 1 aromatic heterocycles. The number of rotatable bonds is 3. The molecule has 4 N–H and O–H groups in total. The Morgan fingerprint density at radius 1 is 1.26 bits per heavy atom. The molecule has 7 heteroatoms. The fourth-order valence-corrected chi connectivity index (χ4v) is 3.52. The van der Waals surface area contributed by atoms with Gasteiger partial charge in [0.05, 0.1) is 16.2 Å². The monoisotopic (exact) mass is 404 g/mol. The summed E-state index contributed by atoms with van der Waals surface area (Å²) < 4.78 is 6.01. The molecule has 0 spiro atoms. The first-order valence-corrected chi connectivity index (χ1v) is 8.97. The van der Waals surface area contributed by atoms with Gasteiger partial charge in [0.2, 0.25) is 0 Å². The Morgan fingerprint density at radius 2 is 2.07 bits per heavy atom. The van der Waals surface area contributed by atoms with Crippen molar-refractivity contribution in [2.24, 2.45) is 5.73 Å². The van der Waals surface area contributed by atoms with Crippen LogP contribution in [0.4, 0.5) is 11.4 Å². The molecule has 5 nitrogen and oxygen atoms in total. The molecule has 2 unspecified atom stereocenters. The Labute approximate surface area is 169 Å². The van der Waals surface area contributed by atoms with Crippen molar-refractivity contribution >= 4 is 46.3 Å². The Bertz CT molecular complexity index is 952. The minimum absolute atomic E-state index is 0. The van der Waals surface area contributed by atoms with Crippen LogP contribution in [0.3, 0.4) is 0 Å². The van der Waals surface area contributed by atoms with Crippen molar-refractivity contribution in [3.63, 3.8) is 0 Å². The highest BCUT2D eigenvalue weighted by molar-refractivity contribution is 6.31. The minimum atomic E-state index is -0.458. The first kappa shape index (κ1) is 19.9. The van der Waals surface area contributed by atoms with Gasteiger partial charge in [-0.2, -0.15) is 0 Å². The summed E-state index contributed by atoms with van der Waals surface area (Å²) in [6.07, 6.45) is 1.35. The van der Waals surface area contributed by atoms with E-state index >= 15 is 0 Å². The zero-order valence-electron chi connectivity index (χ0n) is 14.9. The van der Waals surface area contributed by atoms with Gasteiger partial charge in [0, 0.05) is 30.4 Å². The lowest BCUT2D eigenvalue weighted by molar-refractivity contribution is -0.107. The summed E-state index contributed by atoms with van der Waals surface area (Å²) in [5.74, 6) is 0. The van der Waals surface area contributed by atoms with Crippen LogP contribution in [0.2, 0.25) is 5.02 Å². The number of fused-ring (bicyclic) bond motifs is 1. The van der Waals surface area contributed by atoms with E-state index in [0.717, 1.165) is 34.4 Å². The number of pyridine rings is 1. The second-order valence-electron chi connectivity index (χ2n) is 6.75. The van der Waals surface area contributed by atoms with Gasteiger partial charge >= 0.3 is 0 Å². The Morgan fingerprint density at radius 3 is 2.89 bits per heavy atom. The number of halogens is 2. The molecule has 0 bridgehead atoms. The summed E-state index contributed by atoms with van der Waals surface area (Å²) in [7, 11) is 0. The molecule has 1 aliphatic heterocycles. The van der Waals surface area contributed by atoms with Crippen LogP contribution in [0.1, 0.15) is 12.5 Å². The van der Waals surface area contributed by atoms with E-state index in [2.05, 4.69) is 34.7 Å². The maximum atomic E-state index is 6.05. The maximum absolute atomic E-state index is 6.05. The van der Waals surface area contributed by atoms with Crippen molar-refractivity contribution in [1.29, 1.82) is 0 Å². The molecule has 1 saturated heterocycles. The Balaban J connectivity index is 0.00000210. The summed E-state index contributed by atoms with van der Waals surface area (Å²) in [6, 6.07) is 16.1. The predicted octanol–water partition coefficient (Wildman–Crippen LogP) is 4.17. The third kappa shape index (κ3) is 4.18. The molecule has 1 fully saturated rings. The SMILES string of the molecule is CC1(c2cccc(Nc3cccc4cc(Cl)cnc34)c2)CNCC(N)O1.Cl. The van der Waals surface area contributed by atoms with Crippen molar-refractivity contribution in [2.75, 3.05) is 18.4 Å². The number of anilines is 2. The van der Waals surface area contributed by atoms with Gasteiger partial charge in [0.15, 0.2) is 0 Å². The van der Waals surface area contributed by atoms with Gasteiger partial charge in [-0.05, 0) is 36.8 Å². The van der Waals surface area contributed by atoms with E-state index in [1.54, 1.807) is 6.20 Å². The molecular formula is C20H22Cl2N4O. The molecule has 1 aliphatic rings. The molecule has 142 valence electrons. The van der Waals surface area contributed by atoms with E-state index in [0.29, 0.717) is 11.6 Å². The van der Waals surface area contributed by atoms with Gasteiger partial charge in [-0.1, -0.05) is 35.9 Å². The van der Waals surface area contributed by atoms with Crippen LogP contribution < -0.4 is 16.4 Å². The van der Waals surface area contributed by atoms with Crippen LogP contribution in [0, 0.1) is 0 Å². The molecule has 0 aliphatic carbocycles. The van der Waals surface area contributed by atoms with Crippen LogP contribution in [0.25, 0.3) is 10.9 Å². The van der Waals surface area contributed by atoms with Gasteiger partial charge in [-0.25, -0.2) is 0 Å². The molecule has 0 radical (unpaired) electrons. The summed E-state index contributed by atoms with van der Waals surface area (Å²) in [4.78, 5) is 4.47. The highest BCUT2D eigenvalue weighted by atomic mass is 35.5. The fourth-order valence-electron chi connectivity index (χ4n) is 3.36. The molecule has 27 heavy (non-hydrogen) atoms. The van der Waals surface area contributed by atoms with Gasteiger partial charge in [-0.3, -0.25) is 4.98 Å². The number of hydrogen-bond acceptors (Lipinski definition) is 5. The molecule has 3 aromatic rings. The smallest absolute Gasteiger partial charge is 0.119 e. The molecule has 4 rings (SSSR count). The molecule has 0 amide bonds. The largest absolute Gasteiger partial charge is 0.354 e. The fraction of sp³-hybridized carbons (Fsp3) is 0.250. The maximum Gasteiger partial charge on any atom is 0.119 e. The highest BCUT2D eigenvalue weighted by Gasteiger charge is 2.33. The lowest BCUT2D eigenvalue weighted by Crippen LogP contribution is -2.53. The standard InChI is InChI=1S/C20H21ClN4O.ClH/c1-20(12-23-11-18(22)26-20)14-5-3-6-16(9-14)25-17-7-2-4-13-8-15(21)10-24-19(13)17;/h2-10,18,23,25H,11-12,22H2,1H3;1H. The molecule has 2 heterocycles. The second kappa shape index (κ2) is 8.00. The average molecular weight is 405 g/mol. The van der Waals surface area contributed by atoms with Gasteiger partial charge < -0.3 is 21.1 Å². The van der Waals surface area contributed by atoms with E-state index in [1.165, 1.54) is 0 Å². The Hall–Kier alpha value is -1.89. The first-order chi connectivity index (χ1) is 12.5. The quantitative estimate of drug-likeness (QED) is 0.610. The number of benzene rings is 2. The van der Waals surface area contributed by atoms with Crippen molar-refractivity contribution in [2.45, 2.75) is 18.8 Å². The molecule has 0 saturated carbocycles. The van der Waals surface area contributed by atoms with Crippen LogP contribution in [0.15, 0.2) is 54.7 Å². The predicted molar refractivity (Wildman–Crippen MR) is 113 cm³/mol. The summed E-state index contributed by atoms with van der Waals surface area (Å²) in [6.45, 7) is 3.44. The van der Waals surface area contributed by atoms with E-state index in [4.69, 9.17) is 22.1 Å². The van der Waals surface area contributed by atoms with E-state index in [1.807, 2.05) is 36.4 Å². The minimum Gasteiger partial charge on any atom is -0.354 e. The van der Waals surface area contributed by atoms with Crippen LogP contribution in [-0.4, -0.2) is 24.3 Å². The Kier molecular flexibility index (Phi) is 5.89. The molecule has 2 aromatic carbocycles.